The number of piperidine rings is 1. The van der Waals surface area contributed by atoms with Crippen LogP contribution in [0.25, 0.3) is 0 Å². The van der Waals surface area contributed by atoms with E-state index < -0.39 is 11.2 Å². The Labute approximate surface area is 102 Å². The first-order valence-electron chi connectivity index (χ1n) is 6.23. The fourth-order valence-corrected chi connectivity index (χ4v) is 1.92. The van der Waals surface area contributed by atoms with Crippen molar-refractivity contribution >= 4 is 6.09 Å². The van der Waals surface area contributed by atoms with Gasteiger partial charge in [0, 0.05) is 13.1 Å². The van der Waals surface area contributed by atoms with Gasteiger partial charge >= 0.3 is 6.09 Å². The Morgan fingerprint density at radius 1 is 1.18 bits per heavy atom. The van der Waals surface area contributed by atoms with Crippen LogP contribution < -0.4 is 0 Å². The molecule has 0 bridgehead atoms. The molecule has 5 nitrogen and oxygen atoms in total. The largest absolute Gasteiger partial charge is 0.446 e. The van der Waals surface area contributed by atoms with E-state index in [4.69, 9.17) is 14.5 Å². The summed E-state index contributed by atoms with van der Waals surface area (Å²) in [6, 6.07) is 0. The molecule has 1 atom stereocenters. The number of rotatable bonds is 2. The lowest BCUT2D eigenvalue weighted by molar-refractivity contribution is -0.543. The van der Waals surface area contributed by atoms with Crippen LogP contribution in [0.5, 0.6) is 0 Å². The van der Waals surface area contributed by atoms with E-state index in [0.29, 0.717) is 0 Å². The molecule has 0 N–H and O–H groups in total. The van der Waals surface area contributed by atoms with Crippen LogP contribution in [0.4, 0.5) is 4.79 Å². The van der Waals surface area contributed by atoms with Crippen molar-refractivity contribution in [3.05, 3.63) is 0 Å². The van der Waals surface area contributed by atoms with Gasteiger partial charge in [0.15, 0.2) is 5.60 Å². The van der Waals surface area contributed by atoms with Gasteiger partial charge in [0.05, 0.1) is 0 Å². The number of amides is 1. The van der Waals surface area contributed by atoms with Crippen molar-refractivity contribution in [2.45, 2.75) is 51.2 Å². The first-order valence-corrected chi connectivity index (χ1v) is 6.23. The average Bonchev–Trinajstić information content (AvgIpc) is 2.35. The smallest absolute Gasteiger partial charge is 0.409 e. The molecule has 1 unspecified atom stereocenters. The monoisotopic (exact) mass is 243 g/mol. The van der Waals surface area contributed by atoms with Crippen LogP contribution in [0.3, 0.4) is 0 Å². The van der Waals surface area contributed by atoms with Crippen molar-refractivity contribution in [3.63, 3.8) is 0 Å². The molecule has 0 aliphatic carbocycles. The van der Waals surface area contributed by atoms with E-state index in [9.17, 15) is 4.79 Å². The van der Waals surface area contributed by atoms with Crippen LogP contribution in [0.15, 0.2) is 0 Å². The second-order valence-electron chi connectivity index (χ2n) is 5.51. The first-order chi connectivity index (χ1) is 7.95. The molecule has 2 heterocycles. The highest BCUT2D eigenvalue weighted by Crippen LogP contribution is 2.40. The van der Waals surface area contributed by atoms with Crippen molar-refractivity contribution in [2.75, 3.05) is 19.7 Å². The maximum atomic E-state index is 11.8. The van der Waals surface area contributed by atoms with Crippen LogP contribution in [-0.4, -0.2) is 41.9 Å². The maximum absolute atomic E-state index is 11.8. The molecule has 5 heteroatoms. The van der Waals surface area contributed by atoms with Gasteiger partial charge in [-0.3, -0.25) is 0 Å². The van der Waals surface area contributed by atoms with Crippen molar-refractivity contribution in [1.29, 1.82) is 0 Å². The van der Waals surface area contributed by atoms with Gasteiger partial charge < -0.3 is 9.64 Å². The predicted molar refractivity (Wildman–Crippen MR) is 61.4 cm³/mol. The number of nitrogens with zero attached hydrogens (tertiary/aromatic N) is 1. The third-order valence-electron chi connectivity index (χ3n) is 3.79. The average molecular weight is 243 g/mol. The highest BCUT2D eigenvalue weighted by atomic mass is 17.3. The molecule has 0 aromatic heterocycles. The van der Waals surface area contributed by atoms with Gasteiger partial charge in [-0.2, -0.15) is 0 Å². The zero-order valence-corrected chi connectivity index (χ0v) is 10.8. The summed E-state index contributed by atoms with van der Waals surface area (Å²) in [5.74, 6) is 0. The standard InChI is InChI=1S/C12H21NO4/c1-11(2)12(3,17-16-11)9-15-10(14)13-7-5-4-6-8-13/h4-9H2,1-3H3. The normalized spacial score (nSPS) is 31.8. The molecule has 0 radical (unpaired) electrons. The summed E-state index contributed by atoms with van der Waals surface area (Å²) in [6.45, 7) is 7.57. The molecule has 98 valence electrons. The summed E-state index contributed by atoms with van der Waals surface area (Å²) < 4.78 is 5.31. The first kappa shape index (κ1) is 12.6. The summed E-state index contributed by atoms with van der Waals surface area (Å²) in [5, 5.41) is 0. The molecule has 2 aliphatic rings. The van der Waals surface area contributed by atoms with Crippen LogP contribution in [0.2, 0.25) is 0 Å². The van der Waals surface area contributed by atoms with E-state index in [1.165, 1.54) is 6.42 Å². The Bertz CT molecular complexity index is 299. The highest BCUT2D eigenvalue weighted by molar-refractivity contribution is 5.67. The fourth-order valence-electron chi connectivity index (χ4n) is 1.92. The van der Waals surface area contributed by atoms with E-state index in [2.05, 4.69) is 0 Å². The lowest BCUT2D eigenvalue weighted by atomic mass is 9.86. The number of carbonyl (C=O) groups excluding carboxylic acids is 1. The van der Waals surface area contributed by atoms with Crippen molar-refractivity contribution in [1.82, 2.24) is 4.90 Å². The highest BCUT2D eigenvalue weighted by Gasteiger charge is 2.55. The fraction of sp³-hybridized carbons (Fsp3) is 0.917. The van der Waals surface area contributed by atoms with Gasteiger partial charge in [0.2, 0.25) is 0 Å². The van der Waals surface area contributed by atoms with Gasteiger partial charge in [0.1, 0.15) is 12.2 Å². The second kappa shape index (κ2) is 4.46. The van der Waals surface area contributed by atoms with Crippen molar-refractivity contribution in [3.8, 4) is 0 Å². The van der Waals surface area contributed by atoms with Gasteiger partial charge in [-0.25, -0.2) is 14.6 Å². The number of carbonyl (C=O) groups is 1. The van der Waals surface area contributed by atoms with Crippen LogP contribution in [0.1, 0.15) is 40.0 Å². The molecule has 0 saturated carbocycles. The molecule has 0 aromatic rings. The SMILES string of the molecule is CC1(C)OOC1(C)COC(=O)N1CCCCC1. The summed E-state index contributed by atoms with van der Waals surface area (Å²) in [4.78, 5) is 23.6. The molecular weight excluding hydrogens is 222 g/mol. The van der Waals surface area contributed by atoms with E-state index in [-0.39, 0.29) is 12.7 Å². The molecule has 2 fully saturated rings. The lowest BCUT2D eigenvalue weighted by Gasteiger charge is -2.50. The molecule has 2 aliphatic heterocycles. The minimum atomic E-state index is -0.543. The minimum absolute atomic E-state index is 0.231. The molecule has 1 amide bonds. The summed E-state index contributed by atoms with van der Waals surface area (Å²) in [5.41, 5.74) is -0.951. The van der Waals surface area contributed by atoms with Gasteiger partial charge in [-0.1, -0.05) is 0 Å². The van der Waals surface area contributed by atoms with E-state index in [1.54, 1.807) is 4.90 Å². The molecule has 2 rings (SSSR count). The van der Waals surface area contributed by atoms with Crippen LogP contribution in [-0.2, 0) is 14.5 Å². The van der Waals surface area contributed by atoms with E-state index in [0.717, 1.165) is 25.9 Å². The number of hydrogen-bond acceptors (Lipinski definition) is 4. The quantitative estimate of drug-likeness (QED) is 0.697. The number of likely N-dealkylation sites (tertiary alicyclic amines) is 1. The maximum Gasteiger partial charge on any atom is 0.409 e. The Hall–Kier alpha value is -0.810. The van der Waals surface area contributed by atoms with Crippen molar-refractivity contribution in [2.24, 2.45) is 0 Å². The zero-order chi connectivity index (χ0) is 12.5. The van der Waals surface area contributed by atoms with Gasteiger partial charge in [-0.05, 0) is 40.0 Å². The van der Waals surface area contributed by atoms with Gasteiger partial charge in [0.25, 0.3) is 0 Å². The topological polar surface area (TPSA) is 48.0 Å². The zero-order valence-electron chi connectivity index (χ0n) is 10.8. The molecule has 0 aromatic carbocycles. The van der Waals surface area contributed by atoms with E-state index in [1.807, 2.05) is 20.8 Å². The second-order valence-corrected chi connectivity index (χ2v) is 5.51. The summed E-state index contributed by atoms with van der Waals surface area (Å²) in [7, 11) is 0. The summed E-state index contributed by atoms with van der Waals surface area (Å²) in [6.07, 6.45) is 3.10. The lowest BCUT2D eigenvalue weighted by Crippen LogP contribution is -2.64. The number of ether oxygens (including phenoxy) is 1. The molecular formula is C12H21NO4. The van der Waals surface area contributed by atoms with Crippen LogP contribution >= 0.6 is 0 Å². The van der Waals surface area contributed by atoms with Crippen LogP contribution in [0, 0.1) is 0 Å². The molecule has 0 spiro atoms. The number of hydrogen-bond donors (Lipinski definition) is 0. The Morgan fingerprint density at radius 3 is 2.29 bits per heavy atom. The minimum Gasteiger partial charge on any atom is -0.446 e. The Morgan fingerprint density at radius 2 is 1.82 bits per heavy atom. The third-order valence-corrected chi connectivity index (χ3v) is 3.79. The van der Waals surface area contributed by atoms with Gasteiger partial charge in [-0.15, -0.1) is 0 Å². The third kappa shape index (κ3) is 2.40. The van der Waals surface area contributed by atoms with E-state index >= 15 is 0 Å². The Balaban J connectivity index is 1.80. The van der Waals surface area contributed by atoms with Crippen molar-refractivity contribution < 1.29 is 19.3 Å². The predicted octanol–water partition coefficient (Wildman–Crippen LogP) is 2.11. The summed E-state index contributed by atoms with van der Waals surface area (Å²) >= 11 is 0. The molecule has 2 saturated heterocycles. The molecule has 17 heavy (non-hydrogen) atoms. The Kier molecular flexibility index (Phi) is 3.32.